The lowest BCUT2D eigenvalue weighted by atomic mass is 10.3. The van der Waals surface area contributed by atoms with Gasteiger partial charge in [0.1, 0.15) is 5.82 Å². The quantitative estimate of drug-likeness (QED) is 0.752. The van der Waals surface area contributed by atoms with Gasteiger partial charge in [-0.25, -0.2) is 4.98 Å². The minimum Gasteiger partial charge on any atom is -0.333 e. The minimum absolute atomic E-state index is 0.0663. The van der Waals surface area contributed by atoms with Gasteiger partial charge < -0.3 is 14.5 Å². The van der Waals surface area contributed by atoms with Crippen molar-refractivity contribution in [2.45, 2.75) is 45.8 Å². The van der Waals surface area contributed by atoms with Gasteiger partial charge in [0.25, 0.3) is 0 Å². The first kappa shape index (κ1) is 15.5. The molecule has 0 aliphatic carbocycles. The predicted molar refractivity (Wildman–Crippen MR) is 84.4 cm³/mol. The molecular formula is C16H24N4O. The largest absolute Gasteiger partial charge is 0.333 e. The zero-order valence-corrected chi connectivity index (χ0v) is 12.8. The zero-order valence-electron chi connectivity index (χ0n) is 12.8. The minimum atomic E-state index is 0.0663. The molecular weight excluding hydrogens is 264 g/mol. The third kappa shape index (κ3) is 4.56. The summed E-state index contributed by atoms with van der Waals surface area (Å²) in [6.07, 6.45) is 7.62. The highest BCUT2D eigenvalue weighted by Gasteiger charge is 2.05. The molecule has 0 bridgehead atoms. The molecule has 2 aromatic heterocycles. The van der Waals surface area contributed by atoms with Crippen LogP contribution in [0.15, 0.2) is 41.6 Å². The van der Waals surface area contributed by atoms with Gasteiger partial charge in [0.15, 0.2) is 0 Å². The van der Waals surface area contributed by atoms with E-state index in [-0.39, 0.29) is 5.56 Å². The molecule has 2 rings (SSSR count). The number of imidazole rings is 1. The van der Waals surface area contributed by atoms with Crippen molar-refractivity contribution in [2.24, 2.45) is 0 Å². The van der Waals surface area contributed by atoms with Crippen molar-refractivity contribution in [2.75, 3.05) is 6.54 Å². The van der Waals surface area contributed by atoms with Crippen molar-refractivity contribution in [3.63, 3.8) is 0 Å². The molecule has 0 amide bonds. The van der Waals surface area contributed by atoms with Gasteiger partial charge in [-0.3, -0.25) is 4.79 Å². The van der Waals surface area contributed by atoms with E-state index in [9.17, 15) is 4.79 Å². The lowest BCUT2D eigenvalue weighted by Crippen LogP contribution is -2.32. The number of rotatable bonds is 8. The van der Waals surface area contributed by atoms with E-state index in [0.717, 1.165) is 38.3 Å². The van der Waals surface area contributed by atoms with E-state index in [2.05, 4.69) is 28.7 Å². The summed E-state index contributed by atoms with van der Waals surface area (Å²) in [6, 6.07) is 5.65. The van der Waals surface area contributed by atoms with E-state index in [0.29, 0.717) is 6.04 Å². The number of pyridine rings is 1. The van der Waals surface area contributed by atoms with Gasteiger partial charge >= 0.3 is 0 Å². The van der Waals surface area contributed by atoms with Crippen LogP contribution in [0.2, 0.25) is 0 Å². The van der Waals surface area contributed by atoms with Crippen LogP contribution in [0, 0.1) is 0 Å². The molecule has 1 atom stereocenters. The molecule has 2 heterocycles. The first-order chi connectivity index (χ1) is 10.2. The molecule has 0 spiro atoms. The van der Waals surface area contributed by atoms with Crippen molar-refractivity contribution in [3.05, 3.63) is 53.0 Å². The molecule has 1 N–H and O–H groups in total. The Morgan fingerprint density at radius 1 is 1.29 bits per heavy atom. The van der Waals surface area contributed by atoms with Crippen molar-refractivity contribution >= 4 is 0 Å². The van der Waals surface area contributed by atoms with Crippen LogP contribution < -0.4 is 10.9 Å². The second kappa shape index (κ2) is 7.78. The highest BCUT2D eigenvalue weighted by atomic mass is 16.1. The second-order valence-electron chi connectivity index (χ2n) is 5.29. The van der Waals surface area contributed by atoms with Gasteiger partial charge in [0.2, 0.25) is 5.56 Å². The molecule has 0 saturated heterocycles. The first-order valence-electron chi connectivity index (χ1n) is 7.59. The van der Waals surface area contributed by atoms with E-state index in [1.807, 2.05) is 24.7 Å². The van der Waals surface area contributed by atoms with E-state index >= 15 is 0 Å². The van der Waals surface area contributed by atoms with E-state index in [1.165, 1.54) is 0 Å². The topological polar surface area (TPSA) is 51.9 Å². The number of nitrogens with zero attached hydrogens (tertiary/aromatic N) is 3. The molecule has 114 valence electrons. The van der Waals surface area contributed by atoms with Crippen LogP contribution in [0.25, 0.3) is 0 Å². The highest BCUT2D eigenvalue weighted by molar-refractivity contribution is 4.93. The Morgan fingerprint density at radius 2 is 2.14 bits per heavy atom. The van der Waals surface area contributed by atoms with Gasteiger partial charge in [-0.05, 0) is 26.0 Å². The Balaban J connectivity index is 1.71. The van der Waals surface area contributed by atoms with Crippen LogP contribution in [-0.2, 0) is 19.5 Å². The maximum Gasteiger partial charge on any atom is 0.250 e. The molecule has 0 aromatic carbocycles. The highest BCUT2D eigenvalue weighted by Crippen LogP contribution is 2.00. The fourth-order valence-corrected chi connectivity index (χ4v) is 2.42. The normalized spacial score (nSPS) is 12.5. The summed E-state index contributed by atoms with van der Waals surface area (Å²) in [6.45, 7) is 6.88. The van der Waals surface area contributed by atoms with E-state index in [4.69, 9.17) is 0 Å². The summed E-state index contributed by atoms with van der Waals surface area (Å²) in [5.74, 6) is 1.12. The molecule has 0 radical (unpaired) electrons. The number of hydrogen-bond donors (Lipinski definition) is 1. The molecule has 21 heavy (non-hydrogen) atoms. The lowest BCUT2D eigenvalue weighted by Gasteiger charge is -2.16. The summed E-state index contributed by atoms with van der Waals surface area (Å²) >= 11 is 0. The molecule has 5 nitrogen and oxygen atoms in total. The predicted octanol–water partition coefficient (Wildman–Crippen LogP) is 1.68. The van der Waals surface area contributed by atoms with E-state index in [1.54, 1.807) is 16.7 Å². The number of hydrogen-bond acceptors (Lipinski definition) is 3. The van der Waals surface area contributed by atoms with Crippen LogP contribution in [0.1, 0.15) is 26.1 Å². The Morgan fingerprint density at radius 3 is 2.90 bits per heavy atom. The Hall–Kier alpha value is -1.88. The second-order valence-corrected chi connectivity index (χ2v) is 5.29. The molecule has 2 aromatic rings. The number of aryl methyl sites for hydroxylation is 2. The maximum absolute atomic E-state index is 11.6. The number of nitrogens with one attached hydrogen (secondary N) is 1. The van der Waals surface area contributed by atoms with Crippen molar-refractivity contribution in [1.29, 1.82) is 0 Å². The first-order valence-corrected chi connectivity index (χ1v) is 7.59. The third-order valence-electron chi connectivity index (χ3n) is 3.56. The summed E-state index contributed by atoms with van der Waals surface area (Å²) in [5.41, 5.74) is 0.0663. The fraction of sp³-hybridized carbons (Fsp3) is 0.500. The average Bonchev–Trinajstić information content (AvgIpc) is 2.92. The van der Waals surface area contributed by atoms with Crippen molar-refractivity contribution in [3.8, 4) is 0 Å². The molecule has 0 saturated carbocycles. The standard InChI is InChI=1S/C16H24N4O/c1-3-15-18-9-12-20(15)13-14(2)17-8-6-11-19-10-5-4-7-16(19)21/h4-5,7,9-10,12,14,17H,3,6,8,11,13H2,1-2H3. The van der Waals surface area contributed by atoms with Gasteiger partial charge in [-0.1, -0.05) is 13.0 Å². The molecule has 0 aliphatic heterocycles. The Bertz CT molecular complexity index is 602. The Kier molecular flexibility index (Phi) is 5.75. The summed E-state index contributed by atoms with van der Waals surface area (Å²) < 4.78 is 3.94. The van der Waals surface area contributed by atoms with Crippen LogP contribution in [0.4, 0.5) is 0 Å². The number of aromatic nitrogens is 3. The Labute approximate surface area is 125 Å². The van der Waals surface area contributed by atoms with Crippen LogP contribution >= 0.6 is 0 Å². The van der Waals surface area contributed by atoms with Gasteiger partial charge in [0, 0.05) is 50.2 Å². The van der Waals surface area contributed by atoms with Crippen molar-refractivity contribution in [1.82, 2.24) is 19.4 Å². The van der Waals surface area contributed by atoms with Crippen LogP contribution in [0.3, 0.4) is 0 Å². The van der Waals surface area contributed by atoms with Gasteiger partial charge in [-0.2, -0.15) is 0 Å². The van der Waals surface area contributed by atoms with Gasteiger partial charge in [-0.15, -0.1) is 0 Å². The lowest BCUT2D eigenvalue weighted by molar-refractivity contribution is 0.453. The van der Waals surface area contributed by atoms with Crippen LogP contribution in [0.5, 0.6) is 0 Å². The SMILES string of the molecule is CCc1nccn1CC(C)NCCCn1ccccc1=O. The average molecular weight is 288 g/mol. The van der Waals surface area contributed by atoms with Crippen molar-refractivity contribution < 1.29 is 0 Å². The molecule has 1 unspecified atom stereocenters. The summed E-state index contributed by atoms with van der Waals surface area (Å²) in [5, 5.41) is 3.50. The monoisotopic (exact) mass is 288 g/mol. The smallest absolute Gasteiger partial charge is 0.250 e. The molecule has 5 heteroatoms. The summed E-state index contributed by atoms with van der Waals surface area (Å²) in [4.78, 5) is 15.9. The third-order valence-corrected chi connectivity index (χ3v) is 3.56. The molecule has 0 aliphatic rings. The summed E-state index contributed by atoms with van der Waals surface area (Å²) in [7, 11) is 0. The molecule has 0 fully saturated rings. The van der Waals surface area contributed by atoms with Gasteiger partial charge in [0.05, 0.1) is 0 Å². The fourth-order valence-electron chi connectivity index (χ4n) is 2.42. The van der Waals surface area contributed by atoms with Crippen LogP contribution in [-0.4, -0.2) is 26.7 Å². The maximum atomic E-state index is 11.6. The van der Waals surface area contributed by atoms with E-state index < -0.39 is 0 Å². The zero-order chi connectivity index (χ0) is 15.1.